The molecule has 16 heavy (non-hydrogen) atoms. The number of nitrogens with one attached hydrogen (secondary N) is 2. The van der Waals surface area contributed by atoms with Gasteiger partial charge in [-0.2, -0.15) is 0 Å². The molecule has 2 rings (SSSR count). The van der Waals surface area contributed by atoms with Crippen LogP contribution in [0.3, 0.4) is 0 Å². The van der Waals surface area contributed by atoms with Gasteiger partial charge in [0.25, 0.3) is 0 Å². The van der Waals surface area contributed by atoms with Gasteiger partial charge in [-0.1, -0.05) is 11.6 Å². The van der Waals surface area contributed by atoms with Crippen molar-refractivity contribution in [3.05, 3.63) is 29.3 Å². The van der Waals surface area contributed by atoms with E-state index in [1.165, 1.54) is 0 Å². The first kappa shape index (κ1) is 11.4. The minimum absolute atomic E-state index is 0.115. The van der Waals surface area contributed by atoms with Gasteiger partial charge in [0.05, 0.1) is 0 Å². The van der Waals surface area contributed by atoms with E-state index < -0.39 is 0 Å². The first-order valence-electron chi connectivity index (χ1n) is 5.53. The fraction of sp³-hybridized carbons (Fsp3) is 0.417. The van der Waals surface area contributed by atoms with Crippen LogP contribution in [0, 0.1) is 5.92 Å². The molecule has 1 saturated heterocycles. The summed E-state index contributed by atoms with van der Waals surface area (Å²) in [7, 11) is 0. The van der Waals surface area contributed by atoms with Crippen molar-refractivity contribution in [1.82, 2.24) is 5.32 Å². The molecule has 86 valence electrons. The number of piperidine rings is 1. The van der Waals surface area contributed by atoms with Crippen molar-refractivity contribution < 1.29 is 4.79 Å². The van der Waals surface area contributed by atoms with Crippen LogP contribution in [0.1, 0.15) is 12.8 Å². The van der Waals surface area contributed by atoms with Gasteiger partial charge in [-0.15, -0.1) is 0 Å². The number of hydrogen-bond acceptors (Lipinski definition) is 2. The molecule has 1 amide bonds. The number of benzene rings is 1. The van der Waals surface area contributed by atoms with Crippen molar-refractivity contribution in [3.8, 4) is 0 Å². The fourth-order valence-corrected chi connectivity index (χ4v) is 1.99. The van der Waals surface area contributed by atoms with Gasteiger partial charge in [-0.05, 0) is 50.2 Å². The number of amides is 1. The summed E-state index contributed by atoms with van der Waals surface area (Å²) in [6.45, 7) is 1.86. The first-order chi connectivity index (χ1) is 7.75. The van der Waals surface area contributed by atoms with Crippen molar-refractivity contribution in [1.29, 1.82) is 0 Å². The quantitative estimate of drug-likeness (QED) is 0.830. The molecule has 0 bridgehead atoms. The molecular weight excluding hydrogens is 224 g/mol. The van der Waals surface area contributed by atoms with Crippen LogP contribution in [-0.4, -0.2) is 19.0 Å². The second-order valence-electron chi connectivity index (χ2n) is 4.02. The minimum atomic E-state index is 0.115. The molecule has 3 nitrogen and oxygen atoms in total. The van der Waals surface area contributed by atoms with E-state index in [0.717, 1.165) is 31.6 Å². The third kappa shape index (κ3) is 2.97. The molecule has 0 spiro atoms. The van der Waals surface area contributed by atoms with E-state index in [4.69, 9.17) is 11.6 Å². The maximum atomic E-state index is 11.9. The van der Waals surface area contributed by atoms with E-state index in [1.807, 2.05) is 12.1 Å². The Labute approximate surface area is 100 Å². The van der Waals surface area contributed by atoms with Crippen LogP contribution in [0.5, 0.6) is 0 Å². The average Bonchev–Trinajstić information content (AvgIpc) is 2.33. The second kappa shape index (κ2) is 5.32. The zero-order valence-corrected chi connectivity index (χ0v) is 9.76. The zero-order chi connectivity index (χ0) is 11.4. The lowest BCUT2D eigenvalue weighted by atomic mass is 9.97. The summed E-state index contributed by atoms with van der Waals surface area (Å²) in [5.41, 5.74) is 0.813. The van der Waals surface area contributed by atoms with Crippen LogP contribution in [-0.2, 0) is 4.79 Å². The Morgan fingerprint density at radius 3 is 2.50 bits per heavy atom. The lowest BCUT2D eigenvalue weighted by Gasteiger charge is -2.21. The Morgan fingerprint density at radius 2 is 1.88 bits per heavy atom. The van der Waals surface area contributed by atoms with Crippen LogP contribution in [0.4, 0.5) is 5.69 Å². The molecule has 1 aliphatic rings. The Morgan fingerprint density at radius 1 is 1.25 bits per heavy atom. The van der Waals surface area contributed by atoms with Gasteiger partial charge < -0.3 is 10.6 Å². The van der Waals surface area contributed by atoms with Crippen LogP contribution < -0.4 is 10.6 Å². The summed E-state index contributed by atoms with van der Waals surface area (Å²) in [5.74, 6) is 0.251. The SMILES string of the molecule is O=C(Nc1ccc(Cl)cc1)C1CCNCC1. The number of hydrogen-bond donors (Lipinski definition) is 2. The molecule has 1 fully saturated rings. The molecule has 0 saturated carbocycles. The maximum absolute atomic E-state index is 11.9. The molecular formula is C12H15ClN2O. The van der Waals surface area contributed by atoms with Gasteiger partial charge >= 0.3 is 0 Å². The number of anilines is 1. The first-order valence-corrected chi connectivity index (χ1v) is 5.90. The smallest absolute Gasteiger partial charge is 0.227 e. The number of rotatable bonds is 2. The van der Waals surface area contributed by atoms with Crippen molar-refractivity contribution in [2.45, 2.75) is 12.8 Å². The number of carbonyl (C=O) groups excluding carboxylic acids is 1. The van der Waals surface area contributed by atoms with Gasteiger partial charge in [0, 0.05) is 16.6 Å². The van der Waals surface area contributed by atoms with E-state index in [2.05, 4.69) is 10.6 Å². The third-order valence-corrected chi connectivity index (χ3v) is 3.07. The highest BCUT2D eigenvalue weighted by Gasteiger charge is 2.20. The standard InChI is InChI=1S/C12H15ClN2O/c13-10-1-3-11(4-2-10)15-12(16)9-5-7-14-8-6-9/h1-4,9,14H,5-8H2,(H,15,16). The largest absolute Gasteiger partial charge is 0.326 e. The summed E-state index contributed by atoms with van der Waals surface area (Å²) >= 11 is 5.78. The van der Waals surface area contributed by atoms with Crippen molar-refractivity contribution in [2.75, 3.05) is 18.4 Å². The predicted octanol–water partition coefficient (Wildman–Crippen LogP) is 2.28. The summed E-state index contributed by atoms with van der Waals surface area (Å²) in [5, 5.41) is 6.84. The number of halogens is 1. The summed E-state index contributed by atoms with van der Waals surface area (Å²) < 4.78 is 0. The highest BCUT2D eigenvalue weighted by molar-refractivity contribution is 6.30. The summed E-state index contributed by atoms with van der Waals surface area (Å²) in [6, 6.07) is 7.20. The second-order valence-corrected chi connectivity index (χ2v) is 4.46. The lowest BCUT2D eigenvalue weighted by molar-refractivity contribution is -0.120. The normalized spacial score (nSPS) is 17.1. The van der Waals surface area contributed by atoms with E-state index in [9.17, 15) is 4.79 Å². The highest BCUT2D eigenvalue weighted by atomic mass is 35.5. The molecule has 1 aliphatic heterocycles. The Balaban J connectivity index is 1.93. The van der Waals surface area contributed by atoms with Gasteiger partial charge in [0.1, 0.15) is 0 Å². The van der Waals surface area contributed by atoms with E-state index in [-0.39, 0.29) is 11.8 Å². The average molecular weight is 239 g/mol. The van der Waals surface area contributed by atoms with Crippen LogP contribution in [0.2, 0.25) is 5.02 Å². The summed E-state index contributed by atoms with van der Waals surface area (Å²) in [6.07, 6.45) is 1.83. The topological polar surface area (TPSA) is 41.1 Å². The lowest BCUT2D eigenvalue weighted by Crippen LogP contribution is -2.34. The fourth-order valence-electron chi connectivity index (χ4n) is 1.86. The molecule has 4 heteroatoms. The van der Waals surface area contributed by atoms with Gasteiger partial charge in [-0.25, -0.2) is 0 Å². The van der Waals surface area contributed by atoms with Gasteiger partial charge in [-0.3, -0.25) is 4.79 Å². The van der Waals surface area contributed by atoms with Gasteiger partial charge in [0.2, 0.25) is 5.91 Å². The number of carbonyl (C=O) groups is 1. The molecule has 1 aromatic carbocycles. The highest BCUT2D eigenvalue weighted by Crippen LogP contribution is 2.17. The molecule has 0 aliphatic carbocycles. The molecule has 0 unspecified atom stereocenters. The molecule has 2 N–H and O–H groups in total. The van der Waals surface area contributed by atoms with Gasteiger partial charge in [0.15, 0.2) is 0 Å². The minimum Gasteiger partial charge on any atom is -0.326 e. The van der Waals surface area contributed by atoms with Crippen molar-refractivity contribution in [3.63, 3.8) is 0 Å². The summed E-state index contributed by atoms with van der Waals surface area (Å²) in [4.78, 5) is 11.9. The van der Waals surface area contributed by atoms with Crippen LogP contribution in [0.25, 0.3) is 0 Å². The maximum Gasteiger partial charge on any atom is 0.227 e. The Kier molecular flexibility index (Phi) is 3.80. The van der Waals surface area contributed by atoms with Crippen molar-refractivity contribution >= 4 is 23.2 Å². The molecule has 0 radical (unpaired) electrons. The monoisotopic (exact) mass is 238 g/mol. The molecule has 1 aromatic rings. The van der Waals surface area contributed by atoms with E-state index in [1.54, 1.807) is 12.1 Å². The Bertz CT molecular complexity index is 358. The van der Waals surface area contributed by atoms with E-state index >= 15 is 0 Å². The van der Waals surface area contributed by atoms with Crippen molar-refractivity contribution in [2.24, 2.45) is 5.92 Å². The van der Waals surface area contributed by atoms with Crippen LogP contribution >= 0.6 is 11.6 Å². The third-order valence-electron chi connectivity index (χ3n) is 2.82. The zero-order valence-electron chi connectivity index (χ0n) is 9.00. The van der Waals surface area contributed by atoms with E-state index in [0.29, 0.717) is 5.02 Å². The predicted molar refractivity (Wildman–Crippen MR) is 65.7 cm³/mol. The molecule has 0 atom stereocenters. The Hall–Kier alpha value is -1.06. The molecule has 1 heterocycles. The van der Waals surface area contributed by atoms with Crippen LogP contribution in [0.15, 0.2) is 24.3 Å². The molecule has 0 aromatic heterocycles.